The molecule has 0 saturated carbocycles. The van der Waals surface area contributed by atoms with Crippen LogP contribution in [0.25, 0.3) is 5.76 Å². The van der Waals surface area contributed by atoms with Gasteiger partial charge in [0.2, 0.25) is 0 Å². The lowest BCUT2D eigenvalue weighted by Crippen LogP contribution is -2.37. The van der Waals surface area contributed by atoms with Gasteiger partial charge in [0.1, 0.15) is 23.3 Å². The van der Waals surface area contributed by atoms with Crippen molar-refractivity contribution in [3.05, 3.63) is 59.6 Å². The van der Waals surface area contributed by atoms with E-state index in [-0.39, 0.29) is 11.3 Å². The van der Waals surface area contributed by atoms with Crippen molar-refractivity contribution in [2.45, 2.75) is 19.9 Å². The summed E-state index contributed by atoms with van der Waals surface area (Å²) in [5, 5.41) is 11.0. The number of aliphatic hydroxyl groups is 1. The molecule has 3 rings (SSSR count). The van der Waals surface area contributed by atoms with Crippen LogP contribution in [0.3, 0.4) is 0 Å². The second kappa shape index (κ2) is 8.96. The molecule has 0 radical (unpaired) electrons. The summed E-state index contributed by atoms with van der Waals surface area (Å²) in [6.45, 7) is 6.75. The van der Waals surface area contributed by atoms with Gasteiger partial charge < -0.3 is 24.1 Å². The minimum atomic E-state index is -0.772. The summed E-state index contributed by atoms with van der Waals surface area (Å²) in [7, 11) is 1.52. The molecule has 1 atom stereocenters. The van der Waals surface area contributed by atoms with E-state index in [9.17, 15) is 14.7 Å². The maximum atomic E-state index is 12.9. The van der Waals surface area contributed by atoms with E-state index in [0.717, 1.165) is 13.1 Å². The normalized spacial score (nSPS) is 18.6. The Hall–Kier alpha value is -3.06. The molecule has 0 aliphatic carbocycles. The second-order valence-electron chi connectivity index (χ2n) is 6.77. The topological polar surface area (TPSA) is 83.2 Å². The van der Waals surface area contributed by atoms with E-state index in [1.54, 1.807) is 36.4 Å². The Kier molecular flexibility index (Phi) is 6.39. The number of ketones is 1. The largest absolute Gasteiger partial charge is 0.507 e. The number of furan rings is 1. The summed E-state index contributed by atoms with van der Waals surface area (Å²) in [5.74, 6) is -0.615. The molecule has 7 heteroatoms. The van der Waals surface area contributed by atoms with Gasteiger partial charge in [-0.05, 0) is 37.4 Å². The zero-order chi connectivity index (χ0) is 21.0. The number of hydrogen-bond acceptors (Lipinski definition) is 6. The predicted octanol–water partition coefficient (Wildman–Crippen LogP) is 3.05. The maximum Gasteiger partial charge on any atom is 0.295 e. The van der Waals surface area contributed by atoms with E-state index in [2.05, 4.69) is 4.90 Å². The van der Waals surface area contributed by atoms with Crippen LogP contribution in [0.1, 0.15) is 31.2 Å². The molecule has 2 aromatic rings. The summed E-state index contributed by atoms with van der Waals surface area (Å²) in [6.07, 6.45) is 1.49. The van der Waals surface area contributed by atoms with E-state index in [1.807, 2.05) is 13.8 Å². The Morgan fingerprint density at radius 1 is 1.21 bits per heavy atom. The molecule has 0 spiro atoms. The van der Waals surface area contributed by atoms with E-state index in [0.29, 0.717) is 30.2 Å². The molecule has 1 amide bonds. The average Bonchev–Trinajstić information content (AvgIpc) is 3.36. The van der Waals surface area contributed by atoms with Crippen LogP contribution < -0.4 is 4.74 Å². The van der Waals surface area contributed by atoms with Gasteiger partial charge in [0.25, 0.3) is 11.7 Å². The van der Waals surface area contributed by atoms with Crippen LogP contribution in [0.15, 0.2) is 52.7 Å². The first-order valence-corrected chi connectivity index (χ1v) is 9.70. The molecule has 1 aliphatic rings. The number of carbonyl (C=O) groups excluding carboxylic acids is 2. The van der Waals surface area contributed by atoms with Gasteiger partial charge in [-0.25, -0.2) is 0 Å². The number of rotatable bonds is 8. The molecule has 1 aromatic heterocycles. The highest BCUT2D eigenvalue weighted by atomic mass is 16.5. The molecule has 1 saturated heterocycles. The van der Waals surface area contributed by atoms with Crippen LogP contribution in [0, 0.1) is 0 Å². The number of Topliss-reactive ketones (excluding diaryl/α,β-unsaturated/α-hetero) is 1. The third-order valence-electron chi connectivity index (χ3n) is 5.25. The molecule has 1 unspecified atom stereocenters. The highest BCUT2D eigenvalue weighted by Gasteiger charge is 2.47. The molecule has 7 nitrogen and oxygen atoms in total. The van der Waals surface area contributed by atoms with Crippen molar-refractivity contribution in [1.29, 1.82) is 0 Å². The van der Waals surface area contributed by atoms with Crippen molar-refractivity contribution in [2.75, 3.05) is 33.3 Å². The van der Waals surface area contributed by atoms with Crippen LogP contribution in [0.2, 0.25) is 0 Å². The van der Waals surface area contributed by atoms with Gasteiger partial charge in [-0.15, -0.1) is 0 Å². The third-order valence-corrected chi connectivity index (χ3v) is 5.25. The number of ether oxygens (including phenoxy) is 1. The van der Waals surface area contributed by atoms with Crippen molar-refractivity contribution in [1.82, 2.24) is 9.80 Å². The molecular formula is C22H26N2O5. The van der Waals surface area contributed by atoms with Gasteiger partial charge >= 0.3 is 0 Å². The van der Waals surface area contributed by atoms with Crippen molar-refractivity contribution in [2.24, 2.45) is 0 Å². The summed E-state index contributed by atoms with van der Waals surface area (Å²) in [5.41, 5.74) is 0.431. The third kappa shape index (κ3) is 4.05. The number of nitrogens with zero attached hydrogens (tertiary/aromatic N) is 2. The number of amides is 1. The SMILES string of the molecule is CCN(CC)CCN1C(=O)C(=O)/C(=C(\O)c2cccc(OC)c2)C1c1ccco1. The van der Waals surface area contributed by atoms with Gasteiger partial charge in [-0.2, -0.15) is 0 Å². The number of benzene rings is 1. The van der Waals surface area contributed by atoms with Crippen LogP contribution in [0.5, 0.6) is 5.75 Å². The molecule has 29 heavy (non-hydrogen) atoms. The first kappa shape index (κ1) is 20.7. The summed E-state index contributed by atoms with van der Waals surface area (Å²) in [6, 6.07) is 9.38. The molecule has 154 valence electrons. The second-order valence-corrected chi connectivity index (χ2v) is 6.77. The van der Waals surface area contributed by atoms with Crippen LogP contribution in [-0.4, -0.2) is 59.9 Å². The average molecular weight is 398 g/mol. The van der Waals surface area contributed by atoms with E-state index >= 15 is 0 Å². The summed E-state index contributed by atoms with van der Waals surface area (Å²) >= 11 is 0. The molecule has 1 fully saturated rings. The highest BCUT2D eigenvalue weighted by Crippen LogP contribution is 2.39. The quantitative estimate of drug-likeness (QED) is 0.418. The van der Waals surface area contributed by atoms with Crippen molar-refractivity contribution >= 4 is 17.4 Å². The molecule has 1 N–H and O–H groups in total. The fourth-order valence-corrected chi connectivity index (χ4v) is 3.57. The zero-order valence-corrected chi connectivity index (χ0v) is 16.9. The number of methoxy groups -OCH3 is 1. The lowest BCUT2D eigenvalue weighted by atomic mass is 9.99. The number of aliphatic hydroxyl groups excluding tert-OH is 1. The van der Waals surface area contributed by atoms with Crippen LogP contribution in [0.4, 0.5) is 0 Å². The van der Waals surface area contributed by atoms with Gasteiger partial charge in [0.15, 0.2) is 0 Å². The Morgan fingerprint density at radius 2 is 1.97 bits per heavy atom. The Balaban J connectivity index is 2.05. The van der Waals surface area contributed by atoms with Crippen molar-refractivity contribution < 1.29 is 23.8 Å². The first-order valence-electron chi connectivity index (χ1n) is 9.70. The first-order chi connectivity index (χ1) is 14.0. The fraction of sp³-hybridized carbons (Fsp3) is 0.364. The molecular weight excluding hydrogens is 372 g/mol. The minimum absolute atomic E-state index is 0.0257. The Bertz CT molecular complexity index is 900. The molecule has 1 aliphatic heterocycles. The van der Waals surface area contributed by atoms with E-state index in [1.165, 1.54) is 18.3 Å². The maximum absolute atomic E-state index is 12.9. The predicted molar refractivity (Wildman–Crippen MR) is 108 cm³/mol. The van der Waals surface area contributed by atoms with Gasteiger partial charge in [0.05, 0.1) is 18.9 Å². The van der Waals surface area contributed by atoms with Crippen molar-refractivity contribution in [3.8, 4) is 5.75 Å². The Morgan fingerprint density at radius 3 is 2.59 bits per heavy atom. The molecule has 2 heterocycles. The molecule has 1 aromatic carbocycles. The minimum Gasteiger partial charge on any atom is -0.507 e. The number of hydrogen-bond donors (Lipinski definition) is 1. The number of likely N-dealkylation sites (tertiary alicyclic amines) is 1. The number of carbonyl (C=O) groups is 2. The Labute approximate surface area is 170 Å². The smallest absolute Gasteiger partial charge is 0.295 e. The highest BCUT2D eigenvalue weighted by molar-refractivity contribution is 6.46. The summed E-state index contributed by atoms with van der Waals surface area (Å²) in [4.78, 5) is 29.3. The van der Waals surface area contributed by atoms with Gasteiger partial charge in [-0.1, -0.05) is 26.0 Å². The van der Waals surface area contributed by atoms with E-state index in [4.69, 9.17) is 9.15 Å². The van der Waals surface area contributed by atoms with Crippen LogP contribution in [-0.2, 0) is 9.59 Å². The monoisotopic (exact) mass is 398 g/mol. The van der Waals surface area contributed by atoms with Gasteiger partial charge in [0, 0.05) is 18.7 Å². The summed E-state index contributed by atoms with van der Waals surface area (Å²) < 4.78 is 10.7. The standard InChI is InChI=1S/C22H26N2O5/c1-4-23(5-2)11-12-24-19(17-10-7-13-29-17)18(21(26)22(24)27)20(25)15-8-6-9-16(14-15)28-3/h6-10,13-14,19,25H,4-5,11-12H2,1-3H3/b20-18-. The zero-order valence-electron chi connectivity index (χ0n) is 16.9. The van der Waals surface area contributed by atoms with Gasteiger partial charge in [-0.3, -0.25) is 9.59 Å². The molecule has 0 bridgehead atoms. The van der Waals surface area contributed by atoms with Crippen LogP contribution >= 0.6 is 0 Å². The lowest BCUT2D eigenvalue weighted by Gasteiger charge is -2.26. The van der Waals surface area contributed by atoms with Crippen molar-refractivity contribution in [3.63, 3.8) is 0 Å². The van der Waals surface area contributed by atoms with E-state index < -0.39 is 17.7 Å². The fourth-order valence-electron chi connectivity index (χ4n) is 3.57. The number of likely N-dealkylation sites (N-methyl/N-ethyl adjacent to an activating group) is 1. The lowest BCUT2D eigenvalue weighted by molar-refractivity contribution is -0.140.